The number of benzene rings is 1. The van der Waals surface area contributed by atoms with Crippen LogP contribution < -0.4 is 0 Å². The van der Waals surface area contributed by atoms with Crippen LogP contribution in [0.15, 0.2) is 35.6 Å². The van der Waals surface area contributed by atoms with Crippen LogP contribution in [0.25, 0.3) is 0 Å². The van der Waals surface area contributed by atoms with Crippen molar-refractivity contribution in [3.8, 4) is 0 Å². The summed E-state index contributed by atoms with van der Waals surface area (Å²) in [5.74, 6) is 0.272. The van der Waals surface area contributed by atoms with Crippen molar-refractivity contribution >= 4 is 23.8 Å². The predicted molar refractivity (Wildman–Crippen MR) is 114 cm³/mol. The normalized spacial score (nSPS) is 14.1. The van der Waals surface area contributed by atoms with Gasteiger partial charge in [-0.05, 0) is 19.4 Å². The average molecular weight is 433 g/mol. The van der Waals surface area contributed by atoms with E-state index in [0.29, 0.717) is 50.2 Å². The van der Waals surface area contributed by atoms with E-state index in [-0.39, 0.29) is 24.4 Å². The van der Waals surface area contributed by atoms with Gasteiger partial charge in [-0.15, -0.1) is 0 Å². The standard InChI is InChI=1S/C21H28N4O4S/c1-3-29-21(28)24-10-8-23(9-11-24)19(27)15-30-20-22-18(14-26)13-25(20)12-17-6-4-16(2)5-7-17/h4-7,13,26H,3,8-12,14-15H2,1-2H3. The fourth-order valence-corrected chi connectivity index (χ4v) is 4.12. The minimum Gasteiger partial charge on any atom is -0.450 e. The Kier molecular flexibility index (Phi) is 7.75. The summed E-state index contributed by atoms with van der Waals surface area (Å²) in [4.78, 5) is 32.3. The number of hydrogen-bond donors (Lipinski definition) is 1. The van der Waals surface area contributed by atoms with E-state index in [4.69, 9.17) is 4.74 Å². The summed E-state index contributed by atoms with van der Waals surface area (Å²) in [6.45, 7) is 6.61. The number of rotatable bonds is 7. The van der Waals surface area contributed by atoms with Gasteiger partial charge in [0.2, 0.25) is 5.91 Å². The van der Waals surface area contributed by atoms with Gasteiger partial charge in [-0.25, -0.2) is 9.78 Å². The van der Waals surface area contributed by atoms with Crippen LogP contribution in [0.2, 0.25) is 0 Å². The number of carbonyl (C=O) groups excluding carboxylic acids is 2. The highest BCUT2D eigenvalue weighted by Crippen LogP contribution is 2.21. The number of aryl methyl sites for hydroxylation is 1. The lowest BCUT2D eigenvalue weighted by Gasteiger charge is -2.34. The molecule has 8 nitrogen and oxygen atoms in total. The zero-order valence-corrected chi connectivity index (χ0v) is 18.2. The van der Waals surface area contributed by atoms with Gasteiger partial charge in [-0.3, -0.25) is 4.79 Å². The molecule has 1 N–H and O–H groups in total. The number of imidazole rings is 1. The Bertz CT molecular complexity index is 860. The number of thioether (sulfide) groups is 1. The molecule has 1 aromatic heterocycles. The molecule has 162 valence electrons. The monoisotopic (exact) mass is 432 g/mol. The zero-order chi connectivity index (χ0) is 21.5. The maximum atomic E-state index is 12.6. The lowest BCUT2D eigenvalue weighted by Crippen LogP contribution is -2.51. The van der Waals surface area contributed by atoms with Crippen molar-refractivity contribution in [2.24, 2.45) is 0 Å². The Morgan fingerprint density at radius 3 is 2.43 bits per heavy atom. The molecule has 0 atom stereocenters. The Morgan fingerprint density at radius 1 is 1.13 bits per heavy atom. The van der Waals surface area contributed by atoms with Gasteiger partial charge in [-0.1, -0.05) is 41.6 Å². The first-order valence-corrected chi connectivity index (χ1v) is 11.0. The van der Waals surface area contributed by atoms with E-state index >= 15 is 0 Å². The molecular weight excluding hydrogens is 404 g/mol. The highest BCUT2D eigenvalue weighted by atomic mass is 32.2. The third-order valence-electron chi connectivity index (χ3n) is 4.91. The van der Waals surface area contributed by atoms with Crippen molar-refractivity contribution < 1.29 is 19.4 Å². The first-order chi connectivity index (χ1) is 14.5. The third kappa shape index (κ3) is 5.76. The summed E-state index contributed by atoms with van der Waals surface area (Å²) in [6.07, 6.45) is 1.50. The van der Waals surface area contributed by atoms with Gasteiger partial charge < -0.3 is 24.2 Å². The predicted octanol–water partition coefficient (Wildman–Crippen LogP) is 2.12. The van der Waals surface area contributed by atoms with Crippen molar-refractivity contribution in [1.29, 1.82) is 0 Å². The fraction of sp³-hybridized carbons (Fsp3) is 0.476. The molecule has 0 aliphatic carbocycles. The SMILES string of the molecule is CCOC(=O)N1CCN(C(=O)CSc2nc(CO)cn2Cc2ccc(C)cc2)CC1. The molecule has 1 aliphatic rings. The lowest BCUT2D eigenvalue weighted by atomic mass is 10.1. The Morgan fingerprint density at radius 2 is 1.80 bits per heavy atom. The topological polar surface area (TPSA) is 87.9 Å². The molecule has 1 saturated heterocycles. The third-order valence-corrected chi connectivity index (χ3v) is 5.88. The van der Waals surface area contributed by atoms with Crippen LogP contribution in [0.1, 0.15) is 23.7 Å². The number of ether oxygens (including phenoxy) is 1. The minimum atomic E-state index is -0.325. The molecule has 2 amide bonds. The maximum absolute atomic E-state index is 12.6. The molecule has 0 spiro atoms. The molecule has 3 rings (SSSR count). The van der Waals surface area contributed by atoms with Gasteiger partial charge in [0.25, 0.3) is 0 Å². The summed E-state index contributed by atoms with van der Waals surface area (Å²) < 4.78 is 6.98. The number of nitrogens with zero attached hydrogens (tertiary/aromatic N) is 4. The molecule has 0 saturated carbocycles. The lowest BCUT2D eigenvalue weighted by molar-refractivity contribution is -0.129. The molecular formula is C21H28N4O4S. The van der Waals surface area contributed by atoms with Crippen molar-refractivity contribution in [2.75, 3.05) is 38.5 Å². The number of carbonyl (C=O) groups is 2. The van der Waals surface area contributed by atoms with Crippen LogP contribution in [-0.2, 0) is 22.7 Å². The van der Waals surface area contributed by atoms with E-state index in [1.165, 1.54) is 17.3 Å². The van der Waals surface area contributed by atoms with E-state index in [0.717, 1.165) is 5.56 Å². The number of amides is 2. The van der Waals surface area contributed by atoms with Gasteiger partial charge in [0.15, 0.2) is 5.16 Å². The second kappa shape index (κ2) is 10.5. The molecule has 0 unspecified atom stereocenters. The van der Waals surface area contributed by atoms with Gasteiger partial charge in [-0.2, -0.15) is 0 Å². The summed E-state index contributed by atoms with van der Waals surface area (Å²) in [6, 6.07) is 8.25. The van der Waals surface area contributed by atoms with Crippen LogP contribution in [-0.4, -0.2) is 75.0 Å². The van der Waals surface area contributed by atoms with Gasteiger partial charge >= 0.3 is 6.09 Å². The van der Waals surface area contributed by atoms with E-state index in [2.05, 4.69) is 29.2 Å². The van der Waals surface area contributed by atoms with E-state index in [1.807, 2.05) is 17.7 Å². The maximum Gasteiger partial charge on any atom is 0.409 e. The van der Waals surface area contributed by atoms with Crippen LogP contribution in [0.4, 0.5) is 4.79 Å². The molecule has 1 fully saturated rings. The Labute approximate surface area is 180 Å². The number of aliphatic hydroxyl groups is 1. The fourth-order valence-electron chi connectivity index (χ4n) is 3.22. The van der Waals surface area contributed by atoms with Crippen LogP contribution in [0.5, 0.6) is 0 Å². The quantitative estimate of drug-likeness (QED) is 0.675. The van der Waals surface area contributed by atoms with Gasteiger partial charge in [0.1, 0.15) is 0 Å². The molecule has 1 aliphatic heterocycles. The number of piperazine rings is 1. The van der Waals surface area contributed by atoms with Gasteiger partial charge in [0, 0.05) is 38.9 Å². The Balaban J connectivity index is 1.56. The molecule has 9 heteroatoms. The molecule has 0 bridgehead atoms. The van der Waals surface area contributed by atoms with Crippen molar-refractivity contribution in [3.05, 3.63) is 47.3 Å². The molecule has 0 radical (unpaired) electrons. The first-order valence-electron chi connectivity index (χ1n) is 10.0. The van der Waals surface area contributed by atoms with Crippen LogP contribution in [0.3, 0.4) is 0 Å². The number of aromatic nitrogens is 2. The number of hydrogen-bond acceptors (Lipinski definition) is 6. The van der Waals surface area contributed by atoms with E-state index < -0.39 is 0 Å². The highest BCUT2D eigenvalue weighted by Gasteiger charge is 2.25. The molecule has 1 aromatic carbocycles. The van der Waals surface area contributed by atoms with Crippen molar-refractivity contribution in [1.82, 2.24) is 19.4 Å². The highest BCUT2D eigenvalue weighted by molar-refractivity contribution is 7.99. The number of aliphatic hydroxyl groups excluding tert-OH is 1. The second-order valence-corrected chi connectivity index (χ2v) is 8.08. The summed E-state index contributed by atoms with van der Waals surface area (Å²) in [5, 5.41) is 10.2. The van der Waals surface area contributed by atoms with Crippen LogP contribution >= 0.6 is 11.8 Å². The minimum absolute atomic E-state index is 0.0129. The average Bonchev–Trinajstić information content (AvgIpc) is 3.15. The van der Waals surface area contributed by atoms with Gasteiger partial charge in [0.05, 0.1) is 24.7 Å². The zero-order valence-electron chi connectivity index (χ0n) is 17.4. The summed E-state index contributed by atoms with van der Waals surface area (Å²) in [5.41, 5.74) is 2.91. The van der Waals surface area contributed by atoms with Crippen LogP contribution in [0, 0.1) is 6.92 Å². The van der Waals surface area contributed by atoms with E-state index in [9.17, 15) is 14.7 Å². The molecule has 2 aromatic rings. The second-order valence-electron chi connectivity index (χ2n) is 7.14. The summed E-state index contributed by atoms with van der Waals surface area (Å²) >= 11 is 1.37. The smallest absolute Gasteiger partial charge is 0.409 e. The van der Waals surface area contributed by atoms with Crippen molar-refractivity contribution in [3.63, 3.8) is 0 Å². The first kappa shape index (κ1) is 22.2. The molecule has 30 heavy (non-hydrogen) atoms. The van der Waals surface area contributed by atoms with E-state index in [1.54, 1.807) is 16.7 Å². The Hall–Kier alpha value is -2.52. The summed E-state index contributed by atoms with van der Waals surface area (Å²) in [7, 11) is 0. The largest absolute Gasteiger partial charge is 0.450 e. The molecule has 2 heterocycles. The van der Waals surface area contributed by atoms with Crippen molar-refractivity contribution in [2.45, 2.75) is 32.2 Å².